The van der Waals surface area contributed by atoms with Crippen LogP contribution in [-0.4, -0.2) is 32.2 Å². The van der Waals surface area contributed by atoms with Crippen molar-refractivity contribution in [2.75, 3.05) is 12.9 Å². The van der Waals surface area contributed by atoms with Crippen molar-refractivity contribution in [1.82, 2.24) is 0 Å². The van der Waals surface area contributed by atoms with Crippen molar-refractivity contribution in [2.24, 2.45) is 0 Å². The third kappa shape index (κ3) is 4.32. The van der Waals surface area contributed by atoms with Crippen molar-refractivity contribution in [3.63, 3.8) is 0 Å². The van der Waals surface area contributed by atoms with Gasteiger partial charge in [0.05, 0.1) is 18.8 Å². The summed E-state index contributed by atoms with van der Waals surface area (Å²) in [6, 6.07) is -0.321. The molecule has 0 unspecified atom stereocenters. The van der Waals surface area contributed by atoms with E-state index in [1.165, 1.54) is 6.08 Å². The maximum Gasteiger partial charge on any atom is 0.264 e. The Labute approximate surface area is 136 Å². The molecule has 0 aromatic heterocycles. The largest absolute Gasteiger partial charge is 0.266 e. The zero-order valence-electron chi connectivity index (χ0n) is 12.5. The lowest BCUT2D eigenvalue weighted by atomic mass is 9.80. The van der Waals surface area contributed by atoms with E-state index in [0.717, 1.165) is 6.26 Å². The monoisotopic (exact) mass is 365 g/mol. The smallest absolute Gasteiger partial charge is 0.264 e. The second-order valence-electron chi connectivity index (χ2n) is 5.52. The van der Waals surface area contributed by atoms with Gasteiger partial charge >= 0.3 is 0 Å². The van der Waals surface area contributed by atoms with Crippen LogP contribution in [0.5, 0.6) is 0 Å². The lowest BCUT2D eigenvalue weighted by molar-refractivity contribution is -0.527. The van der Waals surface area contributed by atoms with Crippen molar-refractivity contribution < 1.29 is 30.7 Å². The maximum absolute atomic E-state index is 13.9. The highest BCUT2D eigenvalue weighted by Crippen LogP contribution is 2.36. The molecule has 24 heavy (non-hydrogen) atoms. The van der Waals surface area contributed by atoms with Gasteiger partial charge in [-0.05, 0) is 18.1 Å². The molecule has 0 saturated heterocycles. The fraction of sp³-hybridized carbons (Fsp3) is 0.429. The van der Waals surface area contributed by atoms with E-state index in [1.807, 2.05) is 0 Å². The molecule has 132 valence electrons. The Morgan fingerprint density at radius 1 is 1.25 bits per heavy atom. The van der Waals surface area contributed by atoms with Crippen molar-refractivity contribution >= 4 is 10.1 Å². The summed E-state index contributed by atoms with van der Waals surface area (Å²) >= 11 is 0. The Morgan fingerprint density at radius 3 is 2.46 bits per heavy atom. The van der Waals surface area contributed by atoms with Gasteiger partial charge in [-0.1, -0.05) is 6.08 Å². The molecule has 0 saturated carbocycles. The van der Waals surface area contributed by atoms with E-state index in [-0.39, 0.29) is 25.0 Å². The minimum Gasteiger partial charge on any atom is -0.266 e. The van der Waals surface area contributed by atoms with E-state index in [4.69, 9.17) is 0 Å². The molecule has 1 aliphatic rings. The van der Waals surface area contributed by atoms with Crippen molar-refractivity contribution in [3.8, 4) is 0 Å². The van der Waals surface area contributed by atoms with E-state index in [1.54, 1.807) is 0 Å². The molecule has 1 aromatic rings. The number of allylic oxidation sites excluding steroid dienone is 1. The van der Waals surface area contributed by atoms with Crippen LogP contribution in [0.1, 0.15) is 24.3 Å². The molecule has 0 amide bonds. The zero-order chi connectivity index (χ0) is 18.1. The summed E-state index contributed by atoms with van der Waals surface area (Å²) in [6.07, 6.45) is 2.15. The molecule has 0 radical (unpaired) electrons. The molecule has 0 heterocycles. The van der Waals surface area contributed by atoms with E-state index in [9.17, 15) is 31.7 Å². The summed E-state index contributed by atoms with van der Waals surface area (Å²) in [7, 11) is -3.71. The molecule has 0 aliphatic heterocycles. The maximum atomic E-state index is 13.9. The lowest BCUT2D eigenvalue weighted by Gasteiger charge is -2.26. The van der Waals surface area contributed by atoms with Gasteiger partial charge in [-0.25, -0.2) is 13.2 Å². The number of halogens is 3. The highest BCUT2D eigenvalue weighted by atomic mass is 32.2. The Bertz CT molecular complexity index is 794. The van der Waals surface area contributed by atoms with Crippen LogP contribution >= 0.6 is 0 Å². The van der Waals surface area contributed by atoms with Crippen molar-refractivity contribution in [1.29, 1.82) is 0 Å². The molecule has 2 rings (SSSR count). The predicted octanol–water partition coefficient (Wildman–Crippen LogP) is 2.53. The van der Waals surface area contributed by atoms with Gasteiger partial charge in [-0.3, -0.25) is 14.3 Å². The average molecular weight is 365 g/mol. The highest BCUT2D eigenvalue weighted by molar-refractivity contribution is 7.85. The van der Waals surface area contributed by atoms with Crippen LogP contribution in [-0.2, 0) is 14.3 Å². The van der Waals surface area contributed by atoms with E-state index in [2.05, 4.69) is 4.18 Å². The van der Waals surface area contributed by atoms with E-state index >= 15 is 0 Å². The standard InChI is InChI=1S/C14H14F3NO5S/c1-24(21,22)23-7-8-2-3-9(14(4-8)18(19)20)10-5-12(16)13(17)6-11(10)15/h2,5-6,9,14H,3-4,7H2,1H3/t9-,14+/m1/s1. The Kier molecular flexibility index (Phi) is 5.29. The number of hydrogen-bond donors (Lipinski definition) is 0. The first-order valence-electron chi connectivity index (χ1n) is 6.88. The van der Waals surface area contributed by atoms with E-state index in [0.29, 0.717) is 17.7 Å². The summed E-state index contributed by atoms with van der Waals surface area (Å²) < 4.78 is 66.8. The molecule has 10 heteroatoms. The molecule has 0 fully saturated rings. The number of rotatable bonds is 5. The molecule has 0 spiro atoms. The third-order valence-electron chi connectivity index (χ3n) is 3.76. The van der Waals surface area contributed by atoms with Crippen LogP contribution in [0.25, 0.3) is 0 Å². The minimum atomic E-state index is -3.71. The average Bonchev–Trinajstić information content (AvgIpc) is 2.48. The van der Waals surface area contributed by atoms with Crippen LogP contribution in [0.4, 0.5) is 13.2 Å². The molecule has 6 nitrogen and oxygen atoms in total. The number of nitro groups is 1. The molecule has 0 bridgehead atoms. The second-order valence-corrected chi connectivity index (χ2v) is 7.16. The quantitative estimate of drug-likeness (QED) is 0.263. The molecular formula is C14H14F3NO5S. The summed E-state index contributed by atoms with van der Waals surface area (Å²) in [5.74, 6) is -4.71. The van der Waals surface area contributed by atoms with Crippen molar-refractivity contribution in [2.45, 2.75) is 24.8 Å². The van der Waals surface area contributed by atoms with Gasteiger partial charge in [0.1, 0.15) is 5.82 Å². The number of benzene rings is 1. The van der Waals surface area contributed by atoms with Crippen LogP contribution in [0.15, 0.2) is 23.8 Å². The first kappa shape index (κ1) is 18.4. The van der Waals surface area contributed by atoms with Crippen LogP contribution in [0, 0.1) is 27.6 Å². The van der Waals surface area contributed by atoms with Gasteiger partial charge in [0.2, 0.25) is 6.04 Å². The van der Waals surface area contributed by atoms with Gasteiger partial charge in [-0.15, -0.1) is 0 Å². The zero-order valence-corrected chi connectivity index (χ0v) is 13.4. The lowest BCUT2D eigenvalue weighted by Crippen LogP contribution is -2.32. The second kappa shape index (κ2) is 6.89. The SMILES string of the molecule is CS(=O)(=O)OCC1=CC[C@H](c2cc(F)c(F)cc2F)[C@@H]([N+](=O)[O-])C1. The summed E-state index contributed by atoms with van der Waals surface area (Å²) in [5, 5.41) is 11.3. The molecular weight excluding hydrogens is 351 g/mol. The Morgan fingerprint density at radius 2 is 1.88 bits per heavy atom. The Hall–Kier alpha value is -1.94. The number of hydrogen-bond acceptors (Lipinski definition) is 5. The van der Waals surface area contributed by atoms with Gasteiger partial charge in [0.15, 0.2) is 11.6 Å². The van der Waals surface area contributed by atoms with Crippen LogP contribution in [0.2, 0.25) is 0 Å². The van der Waals surface area contributed by atoms with Gasteiger partial charge in [0.25, 0.3) is 10.1 Å². The molecule has 0 N–H and O–H groups in total. The van der Waals surface area contributed by atoms with Gasteiger partial charge in [-0.2, -0.15) is 8.42 Å². The fourth-order valence-electron chi connectivity index (χ4n) is 2.62. The van der Waals surface area contributed by atoms with Gasteiger partial charge < -0.3 is 0 Å². The molecule has 2 atom stereocenters. The molecule has 1 aliphatic carbocycles. The van der Waals surface area contributed by atoms with Crippen LogP contribution < -0.4 is 0 Å². The van der Waals surface area contributed by atoms with Gasteiger partial charge in [0, 0.05) is 23.0 Å². The third-order valence-corrected chi connectivity index (χ3v) is 4.31. The topological polar surface area (TPSA) is 86.5 Å². The normalized spacial score (nSPS) is 21.4. The molecule has 1 aromatic carbocycles. The summed E-state index contributed by atoms with van der Waals surface area (Å²) in [4.78, 5) is 10.6. The predicted molar refractivity (Wildman–Crippen MR) is 78.0 cm³/mol. The summed E-state index contributed by atoms with van der Waals surface area (Å²) in [5.41, 5.74) is 0.0938. The first-order valence-corrected chi connectivity index (χ1v) is 8.70. The highest BCUT2D eigenvalue weighted by Gasteiger charge is 2.38. The van der Waals surface area contributed by atoms with E-state index < -0.39 is 44.5 Å². The first-order chi connectivity index (χ1) is 11.1. The van der Waals surface area contributed by atoms with Crippen LogP contribution in [0.3, 0.4) is 0 Å². The number of nitrogens with zero attached hydrogens (tertiary/aromatic N) is 1. The van der Waals surface area contributed by atoms with Crippen molar-refractivity contribution in [3.05, 3.63) is 56.9 Å². The fourth-order valence-corrected chi connectivity index (χ4v) is 2.99. The Balaban J connectivity index is 2.29. The minimum absolute atomic E-state index is 0.0178. The summed E-state index contributed by atoms with van der Waals surface area (Å²) in [6.45, 7) is -0.337.